The Morgan fingerprint density at radius 3 is 0.750 bits per heavy atom. The molecule has 8 nitrogen and oxygen atoms in total. The van der Waals surface area contributed by atoms with Gasteiger partial charge in [0.25, 0.3) is 0 Å². The second kappa shape index (κ2) is 31.8. The third kappa shape index (κ3) is 13.0. The van der Waals surface area contributed by atoms with Gasteiger partial charge in [-0.2, -0.15) is 0 Å². The van der Waals surface area contributed by atoms with Crippen molar-refractivity contribution in [2.75, 3.05) is 19.6 Å². The molecule has 0 amide bonds. The second-order valence-corrected chi connectivity index (χ2v) is 41.2. The number of fused-ring (bicyclic) bond motifs is 12. The molecule has 0 saturated heterocycles. The predicted octanol–water partition coefficient (Wildman–Crippen LogP) is 38.7. The van der Waals surface area contributed by atoms with Crippen molar-refractivity contribution in [2.24, 2.45) is 0 Å². The third-order valence-electron chi connectivity index (χ3n) is 29.8. The zero-order valence-electron chi connectivity index (χ0n) is 80.3. The number of rotatable bonds is 19. The number of furan rings is 4. The summed E-state index contributed by atoms with van der Waals surface area (Å²) in [5, 5.41) is 23.3. The van der Waals surface area contributed by atoms with Gasteiger partial charge >= 0.3 is 0 Å². The fourth-order valence-corrected chi connectivity index (χ4v) is 23.1. The molecule has 24 aromatic rings. The average molecular weight is 1770 g/mol. The largest absolute Gasteiger partial charge is 0.454 e. The summed E-state index contributed by atoms with van der Waals surface area (Å²) in [4.78, 5) is 10.1. The van der Waals surface area contributed by atoms with Crippen LogP contribution in [0.5, 0.6) is 0 Å². The topological polar surface area (TPSA) is 65.5 Å². The Hall–Kier alpha value is -15.1. The molecule has 0 saturated carbocycles. The van der Waals surface area contributed by atoms with Crippen LogP contribution in [0.2, 0.25) is 0 Å². The van der Waals surface area contributed by atoms with Crippen LogP contribution in [0.25, 0.3) is 152 Å². The first-order chi connectivity index (χ1) is 65.9. The Labute approximate surface area is 793 Å². The van der Waals surface area contributed by atoms with Gasteiger partial charge in [0.1, 0.15) is 22.3 Å². The first-order valence-electron chi connectivity index (χ1n) is 48.6. The fraction of sp³-hybridized carbons (Fsp3) is 0.188. The Balaban J connectivity index is 0.755. The van der Waals surface area contributed by atoms with E-state index in [4.69, 9.17) is 17.7 Å². The SMILES string of the molecule is Cc1ccc2c(oc3ccccc32)c1N(c1ccccc1)c1cc(C(C)C)c2ccc3c(N(c4ccccc4)c4c(C)ccc5c4oc4ccccc45)cc(C(C)CCC(C)c4cc(N(c5ccccc5)c5c(C)ccc6c5oc5c(C(C)(C)C)cccc56)c5ccc6c(C(C)C)cc(N(c7ccccc7)c7c(C)ccc8c7oc7c(C(C)(C)C)cccc78)c7ccc4c5c67)c4ccc1c2c43. The summed E-state index contributed by atoms with van der Waals surface area (Å²) in [6.07, 6.45) is 1.70. The molecule has 8 heteroatoms. The molecule has 0 aliphatic carbocycles. The molecule has 2 unspecified atom stereocenters. The summed E-state index contributed by atoms with van der Waals surface area (Å²) in [6, 6.07) is 123. The number of benzene rings is 20. The summed E-state index contributed by atoms with van der Waals surface area (Å²) in [5.41, 5.74) is 31.2. The number of anilines is 12. The highest BCUT2D eigenvalue weighted by atomic mass is 16.3. The van der Waals surface area contributed by atoms with E-state index in [9.17, 15) is 0 Å². The van der Waals surface area contributed by atoms with E-state index in [1.165, 1.54) is 76.5 Å². The first-order valence-corrected chi connectivity index (χ1v) is 48.6. The Morgan fingerprint density at radius 2 is 0.456 bits per heavy atom. The summed E-state index contributed by atoms with van der Waals surface area (Å²) in [6.45, 7) is 37.3. The molecule has 0 bridgehead atoms. The number of para-hydroxylation sites is 8. The van der Waals surface area contributed by atoms with Gasteiger partial charge in [0.15, 0.2) is 22.3 Å². The molecule has 666 valence electrons. The van der Waals surface area contributed by atoms with Crippen molar-refractivity contribution in [3.8, 4) is 0 Å². The Bertz CT molecular complexity index is 8920. The van der Waals surface area contributed by atoms with Gasteiger partial charge in [-0.05, 0) is 248 Å². The van der Waals surface area contributed by atoms with E-state index in [0.29, 0.717) is 0 Å². The van der Waals surface area contributed by atoms with E-state index in [1.54, 1.807) is 0 Å². The molecule has 4 heterocycles. The molecule has 136 heavy (non-hydrogen) atoms. The Kier molecular flexibility index (Phi) is 19.6. The van der Waals surface area contributed by atoms with Crippen molar-refractivity contribution < 1.29 is 17.7 Å². The predicted molar refractivity (Wildman–Crippen MR) is 579 cm³/mol. The van der Waals surface area contributed by atoms with E-state index in [0.717, 1.165) is 213 Å². The molecular formula is C128H110N4O4. The molecule has 24 rings (SSSR count). The monoisotopic (exact) mass is 1770 g/mol. The smallest absolute Gasteiger partial charge is 0.159 e. The van der Waals surface area contributed by atoms with E-state index in [-0.39, 0.29) is 34.5 Å². The van der Waals surface area contributed by atoms with Gasteiger partial charge in [-0.1, -0.05) is 326 Å². The molecule has 4 aromatic heterocycles. The third-order valence-corrected chi connectivity index (χ3v) is 29.8. The maximum absolute atomic E-state index is 7.61. The summed E-state index contributed by atoms with van der Waals surface area (Å²) >= 11 is 0. The van der Waals surface area contributed by atoms with Crippen molar-refractivity contribution >= 4 is 221 Å². The number of hydrogen-bond acceptors (Lipinski definition) is 8. The maximum Gasteiger partial charge on any atom is 0.159 e. The number of nitrogens with zero attached hydrogens (tertiary/aromatic N) is 4. The van der Waals surface area contributed by atoms with E-state index in [2.05, 4.69) is 458 Å². The van der Waals surface area contributed by atoms with Crippen LogP contribution in [0.3, 0.4) is 0 Å². The van der Waals surface area contributed by atoms with Gasteiger partial charge in [-0.15, -0.1) is 0 Å². The zero-order valence-corrected chi connectivity index (χ0v) is 80.3. The minimum absolute atomic E-state index is 0.00483. The highest BCUT2D eigenvalue weighted by molar-refractivity contribution is 6.33. The lowest BCUT2D eigenvalue weighted by molar-refractivity contribution is 0.572. The van der Waals surface area contributed by atoms with Crippen LogP contribution in [0.4, 0.5) is 68.2 Å². The van der Waals surface area contributed by atoms with E-state index < -0.39 is 0 Å². The molecule has 0 spiro atoms. The van der Waals surface area contributed by atoms with Crippen molar-refractivity contribution in [1.29, 1.82) is 0 Å². The number of hydrogen-bond donors (Lipinski definition) is 0. The summed E-state index contributed by atoms with van der Waals surface area (Å²) in [5.74, 6) is 0.284. The standard InChI is InChI=1S/C128H110N4O4/c1-73(2)101-69-107(129(81-35-21-17-22-36-81)117-77(7)53-57-93-85-43-29-31-49-111(85)133-123(93)117)97-67-63-89-103(71-109(99-65-61-87(101)113(97)115(89)99)131(83-39-25-19-26-40-83)118-78(8)54-58-94-86-44-30-32-50-112(86)134-124(94)118)75(5)51-52-76(6)104-72-110(132(84-41-27-20-28-42-84)120-80(10)56-60-96-92-46-34-48-106(128(14,15)16)122(92)136-126(96)120)100-66-62-88-102(74(3)4)70-108(98-68-64-90(104)116(100)114(88)98)130(82-37-23-18-24-38-82)119-79(9)55-59-95-91-45-33-47-105(127(11,12)13)121(91)135-125(95)119/h17-50,53-76H,51-52H2,1-16H3. The van der Waals surface area contributed by atoms with Crippen LogP contribution in [-0.4, -0.2) is 0 Å². The highest BCUT2D eigenvalue weighted by Crippen LogP contribution is 2.59. The minimum Gasteiger partial charge on any atom is -0.454 e. The van der Waals surface area contributed by atoms with Gasteiger partial charge in [0.05, 0.1) is 45.5 Å². The normalized spacial score (nSPS) is 13.0. The second-order valence-electron chi connectivity index (χ2n) is 41.2. The average Bonchev–Trinajstić information content (AvgIpc) is 0.745. The van der Waals surface area contributed by atoms with Crippen LogP contribution < -0.4 is 19.6 Å². The van der Waals surface area contributed by atoms with Gasteiger partial charge in [0, 0.05) is 98.5 Å². The van der Waals surface area contributed by atoms with Gasteiger partial charge < -0.3 is 37.3 Å². The lowest BCUT2D eigenvalue weighted by Gasteiger charge is -2.33. The quantitative estimate of drug-likeness (QED) is 0.0742. The first kappa shape index (κ1) is 83.9. The molecule has 0 fully saturated rings. The van der Waals surface area contributed by atoms with Crippen LogP contribution in [0.1, 0.15) is 175 Å². The van der Waals surface area contributed by atoms with Crippen molar-refractivity contribution in [1.82, 2.24) is 0 Å². The molecule has 0 aliphatic heterocycles. The lowest BCUT2D eigenvalue weighted by Crippen LogP contribution is -2.15. The molecule has 20 aromatic carbocycles. The Morgan fingerprint density at radius 1 is 0.221 bits per heavy atom. The fourth-order valence-electron chi connectivity index (χ4n) is 23.1. The summed E-state index contributed by atoms with van der Waals surface area (Å²) < 4.78 is 29.5. The van der Waals surface area contributed by atoms with Gasteiger partial charge in [0.2, 0.25) is 0 Å². The van der Waals surface area contributed by atoms with E-state index in [1.807, 2.05) is 0 Å². The summed E-state index contributed by atoms with van der Waals surface area (Å²) in [7, 11) is 0. The molecule has 0 N–H and O–H groups in total. The minimum atomic E-state index is -0.192. The maximum atomic E-state index is 7.61. The van der Waals surface area contributed by atoms with Gasteiger partial charge in [-0.3, -0.25) is 0 Å². The van der Waals surface area contributed by atoms with Crippen LogP contribution in [0, 0.1) is 27.7 Å². The van der Waals surface area contributed by atoms with Crippen molar-refractivity contribution in [3.63, 3.8) is 0 Å². The van der Waals surface area contributed by atoms with Crippen LogP contribution in [-0.2, 0) is 10.8 Å². The lowest BCUT2D eigenvalue weighted by atomic mass is 9.80. The molecule has 0 radical (unpaired) electrons. The highest BCUT2D eigenvalue weighted by Gasteiger charge is 2.36. The van der Waals surface area contributed by atoms with Crippen molar-refractivity contribution in [3.05, 3.63) is 383 Å². The molecular weight excluding hydrogens is 1660 g/mol. The number of aryl methyl sites for hydroxylation is 4. The van der Waals surface area contributed by atoms with E-state index >= 15 is 0 Å². The van der Waals surface area contributed by atoms with Crippen LogP contribution in [0.15, 0.2) is 345 Å². The van der Waals surface area contributed by atoms with Crippen LogP contribution >= 0.6 is 0 Å². The van der Waals surface area contributed by atoms with Crippen molar-refractivity contribution in [2.45, 2.75) is 158 Å². The van der Waals surface area contributed by atoms with Gasteiger partial charge in [-0.25, -0.2) is 0 Å². The molecule has 0 aliphatic rings. The molecule has 2 atom stereocenters. The zero-order chi connectivity index (χ0) is 92.9.